The van der Waals surface area contributed by atoms with Gasteiger partial charge in [-0.15, -0.1) is 11.3 Å². The molecule has 3 aliphatic heterocycles. The van der Waals surface area contributed by atoms with Gasteiger partial charge in [-0.05, 0) is 37.8 Å². The molecule has 1 aromatic heterocycles. The van der Waals surface area contributed by atoms with Crippen molar-refractivity contribution in [2.75, 3.05) is 26.2 Å². The molecule has 112 valence electrons. The topological polar surface area (TPSA) is 42.1 Å². The molecule has 3 saturated heterocycles. The molecule has 0 spiro atoms. The molecule has 4 heterocycles. The summed E-state index contributed by atoms with van der Waals surface area (Å²) in [5, 5.41) is 3.51. The lowest BCUT2D eigenvalue weighted by Gasteiger charge is -2.47. The Morgan fingerprint density at radius 2 is 2.10 bits per heavy atom. The molecule has 3 fully saturated rings. The van der Waals surface area contributed by atoms with Gasteiger partial charge in [0.25, 0.3) is 0 Å². The van der Waals surface area contributed by atoms with E-state index in [9.17, 15) is 0 Å². The third kappa shape index (κ3) is 2.66. The molecule has 0 amide bonds. The van der Waals surface area contributed by atoms with Gasteiger partial charge in [0.05, 0.1) is 10.7 Å². The van der Waals surface area contributed by atoms with E-state index in [1.165, 1.54) is 43.2 Å². The predicted molar refractivity (Wildman–Crippen MR) is 85.3 cm³/mol. The van der Waals surface area contributed by atoms with Gasteiger partial charge in [0.2, 0.25) is 0 Å². The second-order valence-electron chi connectivity index (χ2n) is 7.47. The molecule has 0 aliphatic carbocycles. The van der Waals surface area contributed by atoms with Crippen LogP contribution in [0.15, 0.2) is 5.38 Å². The fraction of sp³-hybridized carbons (Fsp3) is 0.812. The van der Waals surface area contributed by atoms with Crippen molar-refractivity contribution in [3.63, 3.8) is 0 Å². The average Bonchev–Trinajstić information content (AvgIpc) is 2.91. The smallest absolute Gasteiger partial charge is 0.0975 e. The lowest BCUT2D eigenvalue weighted by Crippen LogP contribution is -2.50. The fourth-order valence-electron chi connectivity index (χ4n) is 3.73. The Hall–Kier alpha value is -0.450. The number of nitrogens with two attached hydrogens (primary N) is 1. The first kappa shape index (κ1) is 14.5. The van der Waals surface area contributed by atoms with E-state index in [0.717, 1.165) is 18.4 Å². The number of piperidine rings is 3. The molecule has 20 heavy (non-hydrogen) atoms. The molecular weight excluding hydrogens is 266 g/mol. The molecule has 0 radical (unpaired) electrons. The first-order chi connectivity index (χ1) is 9.49. The molecule has 2 bridgehead atoms. The third-order valence-corrected chi connectivity index (χ3v) is 6.06. The lowest BCUT2D eigenvalue weighted by atomic mass is 9.72. The molecule has 3 aliphatic rings. The van der Waals surface area contributed by atoms with E-state index in [1.807, 2.05) is 11.3 Å². The summed E-state index contributed by atoms with van der Waals surface area (Å²) in [5.74, 6) is 2.06. The van der Waals surface area contributed by atoms with Crippen LogP contribution in [0.4, 0.5) is 0 Å². The van der Waals surface area contributed by atoms with Crippen molar-refractivity contribution in [3.8, 4) is 0 Å². The van der Waals surface area contributed by atoms with Gasteiger partial charge < -0.3 is 10.6 Å². The summed E-state index contributed by atoms with van der Waals surface area (Å²) in [6.07, 6.45) is 2.72. The summed E-state index contributed by atoms with van der Waals surface area (Å²) >= 11 is 1.82. The van der Waals surface area contributed by atoms with E-state index in [2.05, 4.69) is 31.1 Å². The van der Waals surface area contributed by atoms with Crippen LogP contribution in [0.25, 0.3) is 0 Å². The highest BCUT2D eigenvalue weighted by Crippen LogP contribution is 2.41. The van der Waals surface area contributed by atoms with Gasteiger partial charge in [-0.3, -0.25) is 0 Å². The highest BCUT2D eigenvalue weighted by molar-refractivity contribution is 7.09. The standard InChI is InChI=1S/C16H27N3S/c1-16(2,3)14-10-20-15(18-14)12(8-17)13-9-19-6-4-11(13)5-7-19/h10-13H,4-9,17H2,1-3H3. The number of aromatic nitrogens is 1. The maximum absolute atomic E-state index is 6.13. The van der Waals surface area contributed by atoms with Gasteiger partial charge in [0.15, 0.2) is 0 Å². The second kappa shape index (κ2) is 5.39. The quantitative estimate of drug-likeness (QED) is 0.932. The molecule has 2 unspecified atom stereocenters. The summed E-state index contributed by atoms with van der Waals surface area (Å²) in [6.45, 7) is 11.3. The Morgan fingerprint density at radius 3 is 2.55 bits per heavy atom. The van der Waals surface area contributed by atoms with Gasteiger partial charge in [-0.2, -0.15) is 0 Å². The normalized spacial score (nSPS) is 31.5. The largest absolute Gasteiger partial charge is 0.330 e. The monoisotopic (exact) mass is 293 g/mol. The molecule has 4 heteroatoms. The van der Waals surface area contributed by atoms with Crippen LogP contribution in [-0.2, 0) is 5.41 Å². The number of fused-ring (bicyclic) bond motifs is 3. The zero-order chi connectivity index (χ0) is 14.3. The van der Waals surface area contributed by atoms with Crippen molar-refractivity contribution in [3.05, 3.63) is 16.1 Å². The first-order valence-electron chi connectivity index (χ1n) is 7.87. The molecule has 3 nitrogen and oxygen atoms in total. The minimum absolute atomic E-state index is 0.142. The van der Waals surface area contributed by atoms with Crippen LogP contribution >= 0.6 is 11.3 Å². The molecule has 2 atom stereocenters. The number of hydrogen-bond acceptors (Lipinski definition) is 4. The van der Waals surface area contributed by atoms with Crippen LogP contribution in [0.1, 0.15) is 50.2 Å². The summed E-state index contributed by atoms with van der Waals surface area (Å²) in [7, 11) is 0. The minimum atomic E-state index is 0.142. The van der Waals surface area contributed by atoms with Gasteiger partial charge in [-0.1, -0.05) is 20.8 Å². The van der Waals surface area contributed by atoms with E-state index in [1.54, 1.807) is 0 Å². The highest BCUT2D eigenvalue weighted by Gasteiger charge is 2.39. The summed E-state index contributed by atoms with van der Waals surface area (Å²) in [4.78, 5) is 7.55. The van der Waals surface area contributed by atoms with Gasteiger partial charge >= 0.3 is 0 Å². The number of hydrogen-bond donors (Lipinski definition) is 1. The molecular formula is C16H27N3S. The van der Waals surface area contributed by atoms with Crippen molar-refractivity contribution in [1.82, 2.24) is 9.88 Å². The number of rotatable bonds is 3. The van der Waals surface area contributed by atoms with E-state index in [-0.39, 0.29) is 5.41 Å². The molecule has 0 aromatic carbocycles. The minimum Gasteiger partial charge on any atom is -0.330 e. The Kier molecular flexibility index (Phi) is 3.91. The zero-order valence-electron chi connectivity index (χ0n) is 12.9. The molecule has 0 saturated carbocycles. The van der Waals surface area contributed by atoms with Crippen molar-refractivity contribution < 1.29 is 0 Å². The van der Waals surface area contributed by atoms with Crippen LogP contribution < -0.4 is 5.73 Å². The van der Waals surface area contributed by atoms with Crippen LogP contribution in [0.3, 0.4) is 0 Å². The number of nitrogens with zero attached hydrogens (tertiary/aromatic N) is 2. The molecule has 1 aromatic rings. The Balaban J connectivity index is 1.81. The van der Waals surface area contributed by atoms with E-state index in [0.29, 0.717) is 5.92 Å². The first-order valence-corrected chi connectivity index (χ1v) is 8.75. The maximum Gasteiger partial charge on any atom is 0.0975 e. The van der Waals surface area contributed by atoms with Gasteiger partial charge in [0, 0.05) is 29.8 Å². The van der Waals surface area contributed by atoms with Crippen LogP contribution in [0.5, 0.6) is 0 Å². The van der Waals surface area contributed by atoms with Crippen molar-refractivity contribution in [2.45, 2.75) is 44.9 Å². The third-order valence-electron chi connectivity index (χ3n) is 5.09. The van der Waals surface area contributed by atoms with Crippen LogP contribution in [-0.4, -0.2) is 36.1 Å². The van der Waals surface area contributed by atoms with E-state index < -0.39 is 0 Å². The second-order valence-corrected chi connectivity index (χ2v) is 8.35. The maximum atomic E-state index is 6.13. The Bertz CT molecular complexity index is 455. The van der Waals surface area contributed by atoms with Gasteiger partial charge in [0.1, 0.15) is 0 Å². The number of thiazole rings is 1. The molecule has 2 N–H and O–H groups in total. The average molecular weight is 293 g/mol. The van der Waals surface area contributed by atoms with E-state index in [4.69, 9.17) is 10.7 Å². The lowest BCUT2D eigenvalue weighted by molar-refractivity contribution is 0.0378. The van der Waals surface area contributed by atoms with E-state index >= 15 is 0 Å². The van der Waals surface area contributed by atoms with Gasteiger partial charge in [-0.25, -0.2) is 4.98 Å². The van der Waals surface area contributed by atoms with Crippen molar-refractivity contribution in [2.24, 2.45) is 17.6 Å². The van der Waals surface area contributed by atoms with Crippen molar-refractivity contribution >= 4 is 11.3 Å². The summed E-state index contributed by atoms with van der Waals surface area (Å²) < 4.78 is 0. The highest BCUT2D eigenvalue weighted by atomic mass is 32.1. The van der Waals surface area contributed by atoms with Crippen LogP contribution in [0, 0.1) is 11.8 Å². The summed E-state index contributed by atoms with van der Waals surface area (Å²) in [6, 6.07) is 0. The summed E-state index contributed by atoms with van der Waals surface area (Å²) in [5.41, 5.74) is 7.50. The van der Waals surface area contributed by atoms with Crippen LogP contribution in [0.2, 0.25) is 0 Å². The Morgan fingerprint density at radius 1 is 1.40 bits per heavy atom. The zero-order valence-corrected chi connectivity index (χ0v) is 13.7. The molecule has 4 rings (SSSR count). The fourth-order valence-corrected chi connectivity index (χ4v) is 4.96. The predicted octanol–water partition coefficient (Wildman–Crippen LogP) is 2.82. The Labute approximate surface area is 126 Å². The van der Waals surface area contributed by atoms with Crippen molar-refractivity contribution in [1.29, 1.82) is 0 Å². The SMILES string of the molecule is CC(C)(C)c1csc(C(CN)C2CN3CCC2CC3)n1.